The van der Waals surface area contributed by atoms with Crippen LogP contribution in [0, 0.1) is 11.7 Å². The molecular weight excluding hydrogens is 237 g/mol. The maximum atomic E-state index is 13.6. The number of hydrogen-bond acceptors (Lipinski definition) is 1. The Kier molecular flexibility index (Phi) is 4.27. The van der Waals surface area contributed by atoms with E-state index in [0.29, 0.717) is 16.6 Å². The second-order valence-electron chi connectivity index (χ2n) is 4.93. The quantitative estimate of drug-likeness (QED) is 0.813. The highest BCUT2D eigenvalue weighted by Crippen LogP contribution is 2.31. The van der Waals surface area contributed by atoms with Gasteiger partial charge in [0.15, 0.2) is 0 Å². The van der Waals surface area contributed by atoms with Gasteiger partial charge in [-0.05, 0) is 37.8 Å². The van der Waals surface area contributed by atoms with Crippen molar-refractivity contribution in [3.05, 3.63) is 29.0 Å². The number of nitrogens with one attached hydrogen (secondary N) is 1. The topological polar surface area (TPSA) is 12.0 Å². The van der Waals surface area contributed by atoms with E-state index in [2.05, 4.69) is 12.2 Å². The molecular formula is C14H19ClFN. The van der Waals surface area contributed by atoms with Gasteiger partial charge in [-0.25, -0.2) is 4.39 Å². The average molecular weight is 256 g/mol. The third kappa shape index (κ3) is 3.12. The summed E-state index contributed by atoms with van der Waals surface area (Å²) in [5.41, 5.74) is 0.451. The molecule has 0 bridgehead atoms. The predicted octanol–water partition coefficient (Wildman–Crippen LogP) is 4.86. The number of anilines is 1. The summed E-state index contributed by atoms with van der Waals surface area (Å²) in [4.78, 5) is 0. The van der Waals surface area contributed by atoms with E-state index in [1.54, 1.807) is 12.1 Å². The van der Waals surface area contributed by atoms with Crippen LogP contribution in [0.2, 0.25) is 5.02 Å². The van der Waals surface area contributed by atoms with E-state index in [4.69, 9.17) is 11.6 Å². The Hall–Kier alpha value is -0.760. The summed E-state index contributed by atoms with van der Waals surface area (Å²) in [6.07, 6.45) is 6.40. The monoisotopic (exact) mass is 255 g/mol. The van der Waals surface area contributed by atoms with Gasteiger partial charge < -0.3 is 5.32 Å². The first-order valence-corrected chi connectivity index (χ1v) is 6.77. The standard InChI is InChI=1S/C14H19ClFN/c1-10(11-6-3-2-4-7-11)17-14-12(15)8-5-9-13(14)16/h5,8-11,17H,2-4,6-7H2,1H3. The molecule has 2 rings (SSSR count). The fraction of sp³-hybridized carbons (Fsp3) is 0.571. The van der Waals surface area contributed by atoms with Crippen molar-refractivity contribution in [1.82, 2.24) is 0 Å². The maximum absolute atomic E-state index is 13.6. The normalized spacial score (nSPS) is 19.0. The van der Waals surface area contributed by atoms with Crippen molar-refractivity contribution in [3.63, 3.8) is 0 Å². The Morgan fingerprint density at radius 1 is 1.29 bits per heavy atom. The zero-order chi connectivity index (χ0) is 12.3. The molecule has 0 aromatic heterocycles. The Balaban J connectivity index is 2.04. The van der Waals surface area contributed by atoms with Crippen LogP contribution in [-0.4, -0.2) is 6.04 Å². The van der Waals surface area contributed by atoms with Gasteiger partial charge in [0.05, 0.1) is 10.7 Å². The van der Waals surface area contributed by atoms with Crippen molar-refractivity contribution >= 4 is 17.3 Å². The highest BCUT2D eigenvalue weighted by molar-refractivity contribution is 6.33. The van der Waals surface area contributed by atoms with E-state index < -0.39 is 0 Å². The van der Waals surface area contributed by atoms with Crippen LogP contribution < -0.4 is 5.32 Å². The lowest BCUT2D eigenvalue weighted by Gasteiger charge is -2.29. The maximum Gasteiger partial charge on any atom is 0.147 e. The fourth-order valence-corrected chi connectivity index (χ4v) is 2.83. The molecule has 1 aromatic carbocycles. The van der Waals surface area contributed by atoms with E-state index in [0.717, 1.165) is 0 Å². The Labute approximate surface area is 107 Å². The van der Waals surface area contributed by atoms with Crippen LogP contribution in [0.5, 0.6) is 0 Å². The van der Waals surface area contributed by atoms with Gasteiger partial charge in [0.1, 0.15) is 5.82 Å². The van der Waals surface area contributed by atoms with Crippen molar-refractivity contribution in [2.75, 3.05) is 5.32 Å². The van der Waals surface area contributed by atoms with E-state index in [-0.39, 0.29) is 11.9 Å². The first-order chi connectivity index (χ1) is 8.18. The van der Waals surface area contributed by atoms with Crippen molar-refractivity contribution in [1.29, 1.82) is 0 Å². The van der Waals surface area contributed by atoms with Crippen molar-refractivity contribution in [3.8, 4) is 0 Å². The molecule has 1 unspecified atom stereocenters. The van der Waals surface area contributed by atoms with Crippen LogP contribution >= 0.6 is 11.6 Å². The lowest BCUT2D eigenvalue weighted by molar-refractivity contribution is 0.328. The van der Waals surface area contributed by atoms with Gasteiger partial charge in [-0.1, -0.05) is 36.9 Å². The molecule has 1 fully saturated rings. The van der Waals surface area contributed by atoms with Crippen LogP contribution in [0.1, 0.15) is 39.0 Å². The van der Waals surface area contributed by atoms with Crippen molar-refractivity contribution < 1.29 is 4.39 Å². The van der Waals surface area contributed by atoms with Crippen LogP contribution in [0.4, 0.5) is 10.1 Å². The highest BCUT2D eigenvalue weighted by Gasteiger charge is 2.21. The predicted molar refractivity (Wildman–Crippen MR) is 71.1 cm³/mol. The minimum absolute atomic E-state index is 0.264. The van der Waals surface area contributed by atoms with Gasteiger partial charge in [-0.2, -0.15) is 0 Å². The molecule has 1 saturated carbocycles. The second-order valence-corrected chi connectivity index (χ2v) is 5.33. The molecule has 0 aliphatic heterocycles. The minimum Gasteiger partial charge on any atom is -0.379 e. The Morgan fingerprint density at radius 2 is 2.00 bits per heavy atom. The smallest absolute Gasteiger partial charge is 0.147 e. The molecule has 94 valence electrons. The molecule has 1 aromatic rings. The summed E-state index contributed by atoms with van der Waals surface area (Å²) in [5, 5.41) is 3.71. The first kappa shape index (κ1) is 12.7. The number of halogens is 2. The number of hydrogen-bond donors (Lipinski definition) is 1. The summed E-state index contributed by atoms with van der Waals surface area (Å²) in [7, 11) is 0. The van der Waals surface area contributed by atoms with Crippen molar-refractivity contribution in [2.45, 2.75) is 45.1 Å². The molecule has 0 spiro atoms. The lowest BCUT2D eigenvalue weighted by atomic mass is 9.84. The van der Waals surface area contributed by atoms with Crippen LogP contribution in [0.15, 0.2) is 18.2 Å². The van der Waals surface area contributed by atoms with Crippen LogP contribution in [0.3, 0.4) is 0 Å². The van der Waals surface area contributed by atoms with Gasteiger partial charge in [-0.3, -0.25) is 0 Å². The van der Waals surface area contributed by atoms with Gasteiger partial charge in [0.25, 0.3) is 0 Å². The fourth-order valence-electron chi connectivity index (χ4n) is 2.62. The molecule has 1 aliphatic rings. The molecule has 3 heteroatoms. The number of rotatable bonds is 3. The number of para-hydroxylation sites is 1. The third-order valence-electron chi connectivity index (χ3n) is 3.69. The molecule has 0 heterocycles. The summed E-state index contributed by atoms with van der Waals surface area (Å²) in [6, 6.07) is 5.08. The van der Waals surface area contributed by atoms with Crippen LogP contribution in [0.25, 0.3) is 0 Å². The molecule has 0 saturated heterocycles. The Bertz CT molecular complexity index is 354. The molecule has 1 aliphatic carbocycles. The van der Waals surface area contributed by atoms with Crippen molar-refractivity contribution in [2.24, 2.45) is 5.92 Å². The molecule has 1 N–H and O–H groups in total. The molecule has 17 heavy (non-hydrogen) atoms. The van der Waals surface area contributed by atoms with Gasteiger partial charge >= 0.3 is 0 Å². The zero-order valence-electron chi connectivity index (χ0n) is 10.2. The summed E-state index contributed by atoms with van der Waals surface area (Å²) in [5.74, 6) is 0.375. The average Bonchev–Trinajstić information content (AvgIpc) is 2.35. The number of benzene rings is 1. The summed E-state index contributed by atoms with van der Waals surface area (Å²) >= 11 is 6.01. The van der Waals surface area contributed by atoms with E-state index >= 15 is 0 Å². The van der Waals surface area contributed by atoms with Gasteiger partial charge in [0.2, 0.25) is 0 Å². The summed E-state index contributed by atoms with van der Waals surface area (Å²) in [6.45, 7) is 2.12. The molecule has 0 radical (unpaired) electrons. The van der Waals surface area contributed by atoms with Crippen LogP contribution in [-0.2, 0) is 0 Å². The SMILES string of the molecule is CC(Nc1c(F)cccc1Cl)C1CCCCC1. The second kappa shape index (κ2) is 5.72. The van der Waals surface area contributed by atoms with Gasteiger partial charge in [0, 0.05) is 6.04 Å². The van der Waals surface area contributed by atoms with E-state index in [9.17, 15) is 4.39 Å². The lowest BCUT2D eigenvalue weighted by Crippen LogP contribution is -2.28. The first-order valence-electron chi connectivity index (χ1n) is 6.39. The molecule has 0 amide bonds. The minimum atomic E-state index is -0.264. The van der Waals surface area contributed by atoms with Gasteiger partial charge in [-0.15, -0.1) is 0 Å². The molecule has 1 atom stereocenters. The largest absolute Gasteiger partial charge is 0.379 e. The van der Waals surface area contributed by atoms with E-state index in [1.807, 2.05) is 0 Å². The third-order valence-corrected chi connectivity index (χ3v) is 4.01. The Morgan fingerprint density at radius 3 is 2.65 bits per heavy atom. The van der Waals surface area contributed by atoms with E-state index in [1.165, 1.54) is 38.2 Å². The summed E-state index contributed by atoms with van der Waals surface area (Å²) < 4.78 is 13.6. The highest BCUT2D eigenvalue weighted by atomic mass is 35.5. The zero-order valence-corrected chi connectivity index (χ0v) is 10.9. The molecule has 1 nitrogen and oxygen atoms in total.